The fraction of sp³-hybridized carbons (Fsp3) is 1.00. The van der Waals surface area contributed by atoms with Gasteiger partial charge in [-0.25, -0.2) is 0 Å². The Morgan fingerprint density at radius 2 is 2.38 bits per heavy atom. The highest BCUT2D eigenvalue weighted by Gasteiger charge is 2.31. The van der Waals surface area contributed by atoms with Crippen LogP contribution in [0.15, 0.2) is 0 Å². The Balaban J connectivity index is 2.04. The summed E-state index contributed by atoms with van der Waals surface area (Å²) < 4.78 is 0. The number of hydrogen-bond donors (Lipinski definition) is 2. The molecule has 0 aromatic rings. The van der Waals surface area contributed by atoms with Crippen molar-refractivity contribution in [2.45, 2.75) is 6.04 Å². The molecule has 46 valence electrons. The van der Waals surface area contributed by atoms with Crippen molar-refractivity contribution in [1.82, 2.24) is 10.8 Å². The molecule has 0 spiro atoms. The largest absolute Gasteiger partial charge is 0.315 e. The van der Waals surface area contributed by atoms with Crippen molar-refractivity contribution in [3.63, 3.8) is 0 Å². The fourth-order valence-corrected chi connectivity index (χ4v) is 1.31. The van der Waals surface area contributed by atoms with Crippen molar-refractivity contribution in [2.24, 2.45) is 5.92 Å². The van der Waals surface area contributed by atoms with Crippen LogP contribution in [0.2, 0.25) is 0 Å². The maximum Gasteiger partial charge on any atom is 0.0738 e. The van der Waals surface area contributed by atoms with Gasteiger partial charge in [-0.15, -0.1) is 0 Å². The molecule has 2 N–H and O–H groups in total. The monoisotopic (exact) mass is 114 g/mol. The van der Waals surface area contributed by atoms with Crippen molar-refractivity contribution >= 4 is 0 Å². The molecule has 2 heterocycles. The van der Waals surface area contributed by atoms with Gasteiger partial charge in [-0.2, -0.15) is 5.48 Å². The molecule has 0 aliphatic carbocycles. The Labute approximate surface area is 48.4 Å². The Morgan fingerprint density at radius 3 is 3.25 bits per heavy atom. The molecule has 2 aliphatic heterocycles. The van der Waals surface area contributed by atoms with Crippen LogP contribution in [0.5, 0.6) is 0 Å². The number of fused-ring (bicyclic) bond motifs is 1. The first-order valence-corrected chi connectivity index (χ1v) is 3.05. The maximum absolute atomic E-state index is 5.02. The highest BCUT2D eigenvalue weighted by atomic mass is 16.7. The highest BCUT2D eigenvalue weighted by molar-refractivity contribution is 4.87. The van der Waals surface area contributed by atoms with E-state index in [1.165, 1.54) is 0 Å². The second kappa shape index (κ2) is 1.69. The van der Waals surface area contributed by atoms with Crippen molar-refractivity contribution < 1.29 is 4.84 Å². The lowest BCUT2D eigenvalue weighted by atomic mass is 10.1. The molecular formula is C5H10N2O. The van der Waals surface area contributed by atoms with E-state index < -0.39 is 0 Å². The van der Waals surface area contributed by atoms with E-state index in [4.69, 9.17) is 4.84 Å². The van der Waals surface area contributed by atoms with Gasteiger partial charge in [0.1, 0.15) is 0 Å². The lowest BCUT2D eigenvalue weighted by Gasteiger charge is -2.00. The summed E-state index contributed by atoms with van der Waals surface area (Å²) in [6.45, 7) is 3.08. The summed E-state index contributed by atoms with van der Waals surface area (Å²) >= 11 is 0. The van der Waals surface area contributed by atoms with Crippen molar-refractivity contribution in [3.05, 3.63) is 0 Å². The molecule has 2 rings (SSSR count). The standard InChI is InChI=1S/C5H10N2O/c1-4-3-8-7-5(4)2-6-1/h4-7H,1-3H2. The second-order valence-corrected chi connectivity index (χ2v) is 2.45. The molecule has 0 aromatic heterocycles. The first kappa shape index (κ1) is 4.73. The minimum absolute atomic E-state index is 0.593. The topological polar surface area (TPSA) is 33.3 Å². The van der Waals surface area contributed by atoms with Gasteiger partial charge in [0, 0.05) is 19.0 Å². The van der Waals surface area contributed by atoms with E-state index in [2.05, 4.69) is 10.8 Å². The summed E-state index contributed by atoms with van der Waals surface area (Å²) in [5, 5.41) is 3.28. The minimum atomic E-state index is 0.593. The molecule has 0 saturated carbocycles. The summed E-state index contributed by atoms with van der Waals surface area (Å²) in [6, 6.07) is 0.593. The number of hydrogen-bond acceptors (Lipinski definition) is 3. The molecule has 8 heavy (non-hydrogen) atoms. The van der Waals surface area contributed by atoms with Crippen LogP contribution in [0.25, 0.3) is 0 Å². The lowest BCUT2D eigenvalue weighted by molar-refractivity contribution is 0.0831. The minimum Gasteiger partial charge on any atom is -0.315 e. The predicted molar refractivity (Wildman–Crippen MR) is 29.2 cm³/mol. The van der Waals surface area contributed by atoms with Crippen molar-refractivity contribution in [3.8, 4) is 0 Å². The molecule has 2 saturated heterocycles. The molecule has 2 atom stereocenters. The smallest absolute Gasteiger partial charge is 0.0738 e. The SMILES string of the molecule is C1NCC2NOCC12. The van der Waals surface area contributed by atoms with Gasteiger partial charge in [0.25, 0.3) is 0 Å². The summed E-state index contributed by atoms with van der Waals surface area (Å²) in [5.41, 5.74) is 2.96. The van der Waals surface area contributed by atoms with Gasteiger partial charge >= 0.3 is 0 Å². The zero-order valence-corrected chi connectivity index (χ0v) is 4.68. The van der Waals surface area contributed by atoms with Gasteiger partial charge in [-0.05, 0) is 0 Å². The van der Waals surface area contributed by atoms with Gasteiger partial charge < -0.3 is 10.2 Å². The second-order valence-electron chi connectivity index (χ2n) is 2.45. The molecule has 0 aromatic carbocycles. The number of hydroxylamine groups is 1. The van der Waals surface area contributed by atoms with Gasteiger partial charge in [-0.1, -0.05) is 0 Å². The normalized spacial score (nSPS) is 45.0. The average Bonchev–Trinajstić information content (AvgIpc) is 2.15. The van der Waals surface area contributed by atoms with Crippen LogP contribution in [0.1, 0.15) is 0 Å². The predicted octanol–water partition coefficient (Wildman–Crippen LogP) is -0.891. The average molecular weight is 114 g/mol. The van der Waals surface area contributed by atoms with Crippen LogP contribution in [0, 0.1) is 5.92 Å². The summed E-state index contributed by atoms with van der Waals surface area (Å²) in [7, 11) is 0. The number of rotatable bonds is 0. The lowest BCUT2D eigenvalue weighted by Crippen LogP contribution is -2.26. The highest BCUT2D eigenvalue weighted by Crippen LogP contribution is 2.13. The Kier molecular flexibility index (Phi) is 0.997. The number of nitrogens with one attached hydrogen (secondary N) is 2. The van der Waals surface area contributed by atoms with Gasteiger partial charge in [0.15, 0.2) is 0 Å². The molecule has 2 unspecified atom stereocenters. The molecular weight excluding hydrogens is 104 g/mol. The van der Waals surface area contributed by atoms with Crippen molar-refractivity contribution in [2.75, 3.05) is 19.7 Å². The Hall–Kier alpha value is -0.120. The zero-order chi connectivity index (χ0) is 5.40. The molecule has 3 heteroatoms. The molecule has 2 fully saturated rings. The summed E-state index contributed by atoms with van der Waals surface area (Å²) in [6.07, 6.45) is 0. The maximum atomic E-state index is 5.02. The quantitative estimate of drug-likeness (QED) is 0.428. The first-order valence-electron chi connectivity index (χ1n) is 3.05. The zero-order valence-electron chi connectivity index (χ0n) is 4.68. The van der Waals surface area contributed by atoms with Crippen LogP contribution >= 0.6 is 0 Å². The van der Waals surface area contributed by atoms with E-state index in [0.29, 0.717) is 6.04 Å². The third-order valence-corrected chi connectivity index (χ3v) is 1.87. The van der Waals surface area contributed by atoms with Crippen LogP contribution in [-0.2, 0) is 4.84 Å². The Bertz CT molecular complexity index is 76.4. The van der Waals surface area contributed by atoms with E-state index in [1.54, 1.807) is 0 Å². The van der Waals surface area contributed by atoms with E-state index in [-0.39, 0.29) is 0 Å². The molecule has 3 nitrogen and oxygen atoms in total. The van der Waals surface area contributed by atoms with E-state index in [1.807, 2.05) is 0 Å². The van der Waals surface area contributed by atoms with Gasteiger partial charge in [-0.3, -0.25) is 0 Å². The Morgan fingerprint density at radius 1 is 1.38 bits per heavy atom. The third kappa shape index (κ3) is 0.555. The van der Waals surface area contributed by atoms with Gasteiger partial charge in [0.05, 0.1) is 12.6 Å². The molecule has 0 radical (unpaired) electrons. The van der Waals surface area contributed by atoms with Crippen LogP contribution in [0.4, 0.5) is 0 Å². The molecule has 0 amide bonds. The van der Waals surface area contributed by atoms with Crippen molar-refractivity contribution in [1.29, 1.82) is 0 Å². The van der Waals surface area contributed by atoms with Crippen LogP contribution < -0.4 is 10.8 Å². The summed E-state index contributed by atoms with van der Waals surface area (Å²) in [5.74, 6) is 0.731. The van der Waals surface area contributed by atoms with Crippen LogP contribution in [0.3, 0.4) is 0 Å². The summed E-state index contributed by atoms with van der Waals surface area (Å²) in [4.78, 5) is 5.02. The fourth-order valence-electron chi connectivity index (χ4n) is 1.31. The van der Waals surface area contributed by atoms with Gasteiger partial charge in [0.2, 0.25) is 0 Å². The molecule has 0 bridgehead atoms. The van der Waals surface area contributed by atoms with Crippen LogP contribution in [-0.4, -0.2) is 25.7 Å². The molecule has 2 aliphatic rings. The van der Waals surface area contributed by atoms with E-state index in [0.717, 1.165) is 25.6 Å². The first-order chi connectivity index (χ1) is 3.97. The van der Waals surface area contributed by atoms with E-state index in [9.17, 15) is 0 Å². The van der Waals surface area contributed by atoms with E-state index >= 15 is 0 Å². The third-order valence-electron chi connectivity index (χ3n) is 1.87.